The van der Waals surface area contributed by atoms with E-state index in [1.54, 1.807) is 33.3 Å². The number of methoxy groups -OCH3 is 1. The molecule has 0 aliphatic carbocycles. The number of hydrogen-bond donors (Lipinski definition) is 0. The Kier molecular flexibility index (Phi) is 6.85. The minimum atomic E-state index is -0.507. The highest BCUT2D eigenvalue weighted by Crippen LogP contribution is 2.37. The van der Waals surface area contributed by atoms with Gasteiger partial charge in [0.25, 0.3) is 11.6 Å². The quantitative estimate of drug-likeness (QED) is 0.333. The summed E-state index contributed by atoms with van der Waals surface area (Å²) in [5.74, 6) is 0.448. The summed E-state index contributed by atoms with van der Waals surface area (Å²) in [7, 11) is 4.85. The van der Waals surface area contributed by atoms with Crippen molar-refractivity contribution in [2.75, 3.05) is 21.2 Å². The predicted octanol–water partition coefficient (Wildman–Crippen LogP) is 5.54. The first-order valence-electron chi connectivity index (χ1n) is 9.02. The number of nitrogens with zero attached hydrogens (tertiary/aromatic N) is 2. The molecule has 0 spiro atoms. The first-order valence-corrected chi connectivity index (χ1v) is 9.81. The molecule has 0 heterocycles. The summed E-state index contributed by atoms with van der Waals surface area (Å²) in [6.07, 6.45) is 3.63. The van der Waals surface area contributed by atoms with E-state index in [0.717, 1.165) is 21.3 Å². The van der Waals surface area contributed by atoms with Crippen LogP contribution in [-0.4, -0.2) is 36.9 Å². The van der Waals surface area contributed by atoms with E-state index in [-0.39, 0.29) is 22.6 Å². The summed E-state index contributed by atoms with van der Waals surface area (Å²) >= 11 is 3.55. The lowest BCUT2D eigenvalue weighted by atomic mass is 9.85. The zero-order chi connectivity index (χ0) is 21.9. The van der Waals surface area contributed by atoms with Crippen LogP contribution in [0.3, 0.4) is 0 Å². The third-order valence-corrected chi connectivity index (χ3v) is 4.88. The van der Waals surface area contributed by atoms with Gasteiger partial charge in [-0.25, -0.2) is 0 Å². The smallest absolute Gasteiger partial charge is 0.270 e. The highest BCUT2D eigenvalue weighted by molar-refractivity contribution is 9.10. The fourth-order valence-corrected chi connectivity index (χ4v) is 3.41. The molecular formula is C22H25BrN2O4. The number of amides is 1. The number of ether oxygens (including phenoxy) is 1. The van der Waals surface area contributed by atoms with Gasteiger partial charge in [0, 0.05) is 41.8 Å². The van der Waals surface area contributed by atoms with Crippen LogP contribution in [-0.2, 0) is 5.41 Å². The molecule has 154 valence electrons. The van der Waals surface area contributed by atoms with Crippen LogP contribution < -0.4 is 4.74 Å². The van der Waals surface area contributed by atoms with Crippen molar-refractivity contribution in [2.24, 2.45) is 0 Å². The van der Waals surface area contributed by atoms with Crippen LogP contribution in [0.25, 0.3) is 12.2 Å². The molecule has 0 saturated carbocycles. The number of nitro groups is 1. The number of carbonyl (C=O) groups excluding carboxylic acids is 1. The largest absolute Gasteiger partial charge is 0.496 e. The molecule has 6 nitrogen and oxygen atoms in total. The van der Waals surface area contributed by atoms with Crippen LogP contribution in [0.15, 0.2) is 34.8 Å². The van der Waals surface area contributed by atoms with E-state index in [4.69, 9.17) is 4.74 Å². The number of nitro benzene ring substituents is 1. The summed E-state index contributed by atoms with van der Waals surface area (Å²) in [4.78, 5) is 24.6. The first-order chi connectivity index (χ1) is 13.5. The lowest BCUT2D eigenvalue weighted by Crippen LogP contribution is -2.22. The standard InChI is InChI=1S/C22H25BrN2O4/c1-22(2,3)19-12-16(23)11-15(20(19)29-6)8-7-14-9-10-17(25(27)28)13-18(14)21(26)24(4)5/h7-13H,1-6H3/b8-7+. The molecule has 0 N–H and O–H groups in total. The molecule has 0 aliphatic rings. The van der Waals surface area contributed by atoms with Crippen LogP contribution in [0.4, 0.5) is 5.69 Å². The van der Waals surface area contributed by atoms with Crippen molar-refractivity contribution in [3.63, 3.8) is 0 Å². The average molecular weight is 461 g/mol. The summed E-state index contributed by atoms with van der Waals surface area (Å²) in [6, 6.07) is 8.25. The Balaban J connectivity index is 2.61. The van der Waals surface area contributed by atoms with Crippen molar-refractivity contribution in [2.45, 2.75) is 26.2 Å². The van der Waals surface area contributed by atoms with E-state index in [9.17, 15) is 14.9 Å². The Labute approximate surface area is 179 Å². The molecular weight excluding hydrogens is 436 g/mol. The van der Waals surface area contributed by atoms with Gasteiger partial charge in [-0.2, -0.15) is 0 Å². The van der Waals surface area contributed by atoms with Gasteiger partial charge in [0.2, 0.25) is 0 Å². The SMILES string of the molecule is COc1c(/C=C/c2ccc([N+](=O)[O-])cc2C(=O)N(C)C)cc(Br)cc1C(C)(C)C. The van der Waals surface area contributed by atoms with Crippen molar-refractivity contribution in [1.29, 1.82) is 0 Å². The minimum Gasteiger partial charge on any atom is -0.496 e. The molecule has 29 heavy (non-hydrogen) atoms. The van der Waals surface area contributed by atoms with E-state index < -0.39 is 4.92 Å². The Morgan fingerprint density at radius 2 is 1.76 bits per heavy atom. The number of non-ortho nitro benzene ring substituents is 1. The lowest BCUT2D eigenvalue weighted by molar-refractivity contribution is -0.384. The van der Waals surface area contributed by atoms with Gasteiger partial charge in [0.1, 0.15) is 5.75 Å². The molecule has 0 atom stereocenters. The highest BCUT2D eigenvalue weighted by atomic mass is 79.9. The van der Waals surface area contributed by atoms with Crippen molar-refractivity contribution in [3.8, 4) is 5.75 Å². The molecule has 1 amide bonds. The van der Waals surface area contributed by atoms with Crippen LogP contribution >= 0.6 is 15.9 Å². The van der Waals surface area contributed by atoms with Gasteiger partial charge >= 0.3 is 0 Å². The maximum absolute atomic E-state index is 12.6. The molecule has 7 heteroatoms. The first kappa shape index (κ1) is 22.6. The van der Waals surface area contributed by atoms with E-state index in [1.807, 2.05) is 18.2 Å². The van der Waals surface area contributed by atoms with Crippen molar-refractivity contribution < 1.29 is 14.5 Å². The third kappa shape index (κ3) is 5.23. The number of benzene rings is 2. The van der Waals surface area contributed by atoms with E-state index in [0.29, 0.717) is 5.56 Å². The number of carbonyl (C=O) groups is 1. The van der Waals surface area contributed by atoms with Gasteiger partial charge in [0.15, 0.2) is 0 Å². The topological polar surface area (TPSA) is 72.7 Å². The van der Waals surface area contributed by atoms with E-state index in [1.165, 1.54) is 17.0 Å². The zero-order valence-electron chi connectivity index (χ0n) is 17.4. The third-order valence-electron chi connectivity index (χ3n) is 4.42. The molecule has 0 aromatic heterocycles. The molecule has 0 fully saturated rings. The van der Waals surface area contributed by atoms with Crippen molar-refractivity contribution >= 4 is 39.7 Å². The lowest BCUT2D eigenvalue weighted by Gasteiger charge is -2.24. The Bertz CT molecular complexity index is 976. The predicted molar refractivity (Wildman–Crippen MR) is 119 cm³/mol. The molecule has 0 saturated heterocycles. The van der Waals surface area contributed by atoms with Crippen molar-refractivity contribution in [3.05, 3.63) is 67.2 Å². The number of rotatable bonds is 5. The average Bonchev–Trinajstić information content (AvgIpc) is 2.64. The number of halogens is 1. The highest BCUT2D eigenvalue weighted by Gasteiger charge is 2.22. The van der Waals surface area contributed by atoms with Crippen LogP contribution in [0.2, 0.25) is 0 Å². The summed E-state index contributed by atoms with van der Waals surface area (Å²) in [6.45, 7) is 6.32. The molecule has 2 rings (SSSR count). The van der Waals surface area contributed by atoms with E-state index >= 15 is 0 Å². The second-order valence-corrected chi connectivity index (χ2v) is 8.80. The van der Waals surface area contributed by atoms with Gasteiger partial charge in [-0.05, 0) is 29.2 Å². The normalized spacial score (nSPS) is 11.6. The Morgan fingerprint density at radius 3 is 2.28 bits per heavy atom. The zero-order valence-corrected chi connectivity index (χ0v) is 19.0. The Hall–Kier alpha value is -2.67. The molecule has 0 aliphatic heterocycles. The Morgan fingerprint density at radius 1 is 1.14 bits per heavy atom. The summed E-state index contributed by atoms with van der Waals surface area (Å²) in [5, 5.41) is 11.1. The summed E-state index contributed by atoms with van der Waals surface area (Å²) < 4.78 is 6.59. The van der Waals surface area contributed by atoms with Gasteiger partial charge in [-0.3, -0.25) is 14.9 Å². The van der Waals surface area contributed by atoms with Crippen LogP contribution in [0, 0.1) is 10.1 Å². The fourth-order valence-electron chi connectivity index (χ4n) is 2.93. The van der Waals surface area contributed by atoms with Crippen molar-refractivity contribution in [1.82, 2.24) is 4.90 Å². The van der Waals surface area contributed by atoms with Gasteiger partial charge in [0.05, 0.1) is 17.6 Å². The maximum Gasteiger partial charge on any atom is 0.270 e. The minimum absolute atomic E-state index is 0.123. The van der Waals surface area contributed by atoms with Gasteiger partial charge in [-0.1, -0.05) is 48.9 Å². The maximum atomic E-state index is 12.6. The molecule has 0 radical (unpaired) electrons. The fraction of sp³-hybridized carbons (Fsp3) is 0.318. The van der Waals surface area contributed by atoms with Gasteiger partial charge in [-0.15, -0.1) is 0 Å². The molecule has 2 aromatic rings. The summed E-state index contributed by atoms with van der Waals surface area (Å²) in [5.41, 5.74) is 2.49. The second kappa shape index (κ2) is 8.78. The van der Waals surface area contributed by atoms with E-state index in [2.05, 4.69) is 36.7 Å². The van der Waals surface area contributed by atoms with Crippen LogP contribution in [0.5, 0.6) is 5.75 Å². The van der Waals surface area contributed by atoms with Crippen LogP contribution in [0.1, 0.15) is 47.8 Å². The monoisotopic (exact) mass is 460 g/mol. The second-order valence-electron chi connectivity index (χ2n) is 7.89. The van der Waals surface area contributed by atoms with Gasteiger partial charge < -0.3 is 9.64 Å². The number of hydrogen-bond acceptors (Lipinski definition) is 4. The molecule has 2 aromatic carbocycles. The molecule has 0 unspecified atom stereocenters. The molecule has 0 bridgehead atoms.